The second-order valence-electron chi connectivity index (χ2n) is 6.71. The molecule has 1 fully saturated rings. The summed E-state index contributed by atoms with van der Waals surface area (Å²) in [5.41, 5.74) is 2.44. The van der Waals surface area contributed by atoms with Crippen LogP contribution in [0.25, 0.3) is 10.2 Å². The molecule has 1 aromatic heterocycles. The molecule has 4 rings (SSSR count). The van der Waals surface area contributed by atoms with Gasteiger partial charge in [0.05, 0.1) is 10.2 Å². The number of hydrogen-bond acceptors (Lipinski definition) is 4. The number of halogens is 1. The second-order valence-corrected chi connectivity index (χ2v) is 8.16. The standard InChI is InChI=1S/C20H22ClN3S/c1-23(20-22-18-8-7-16(21)13-19(18)25-20)17-9-11-24(12-10-17)14-15-5-3-2-4-6-15/h2-8,13,17H,9-12,14H2,1H3. The van der Waals surface area contributed by atoms with Crippen LogP contribution in [0.1, 0.15) is 18.4 Å². The average molecular weight is 372 g/mol. The summed E-state index contributed by atoms with van der Waals surface area (Å²) in [6.07, 6.45) is 2.36. The number of benzene rings is 2. The van der Waals surface area contributed by atoms with Gasteiger partial charge in [-0.2, -0.15) is 0 Å². The predicted molar refractivity (Wildman–Crippen MR) is 108 cm³/mol. The van der Waals surface area contributed by atoms with Crippen LogP contribution in [0.2, 0.25) is 5.02 Å². The van der Waals surface area contributed by atoms with Crippen LogP contribution in [0.15, 0.2) is 48.5 Å². The smallest absolute Gasteiger partial charge is 0.186 e. The maximum Gasteiger partial charge on any atom is 0.186 e. The number of likely N-dealkylation sites (tertiary alicyclic amines) is 1. The van der Waals surface area contributed by atoms with Crippen LogP contribution >= 0.6 is 22.9 Å². The minimum absolute atomic E-state index is 0.558. The van der Waals surface area contributed by atoms with Gasteiger partial charge in [0.1, 0.15) is 0 Å². The Balaban J connectivity index is 1.39. The van der Waals surface area contributed by atoms with Gasteiger partial charge in [-0.25, -0.2) is 4.98 Å². The molecule has 0 bridgehead atoms. The highest BCUT2D eigenvalue weighted by atomic mass is 35.5. The summed E-state index contributed by atoms with van der Waals surface area (Å²) in [5.74, 6) is 0. The number of nitrogens with zero attached hydrogens (tertiary/aromatic N) is 3. The Labute approximate surface area is 157 Å². The van der Waals surface area contributed by atoms with Gasteiger partial charge in [0.15, 0.2) is 5.13 Å². The van der Waals surface area contributed by atoms with Gasteiger partial charge in [-0.05, 0) is 36.6 Å². The number of thiazole rings is 1. The molecule has 1 aliphatic heterocycles. The third kappa shape index (κ3) is 3.81. The van der Waals surface area contributed by atoms with Gasteiger partial charge >= 0.3 is 0 Å². The fourth-order valence-corrected chi connectivity index (χ4v) is 4.77. The topological polar surface area (TPSA) is 19.4 Å². The third-order valence-corrected chi connectivity index (χ3v) is 6.34. The molecular weight excluding hydrogens is 350 g/mol. The zero-order chi connectivity index (χ0) is 17.2. The van der Waals surface area contributed by atoms with Crippen LogP contribution in [0.4, 0.5) is 5.13 Å². The minimum Gasteiger partial charge on any atom is -0.348 e. The van der Waals surface area contributed by atoms with Crippen LogP contribution in [-0.2, 0) is 6.54 Å². The number of aromatic nitrogens is 1. The highest BCUT2D eigenvalue weighted by Gasteiger charge is 2.24. The number of fused-ring (bicyclic) bond motifs is 1. The fraction of sp³-hybridized carbons (Fsp3) is 0.350. The van der Waals surface area contributed by atoms with E-state index in [1.165, 1.54) is 18.4 Å². The van der Waals surface area contributed by atoms with Crippen LogP contribution < -0.4 is 4.90 Å². The summed E-state index contributed by atoms with van der Waals surface area (Å²) in [5, 5.41) is 1.87. The van der Waals surface area contributed by atoms with Crippen molar-refractivity contribution in [3.05, 3.63) is 59.1 Å². The van der Waals surface area contributed by atoms with Gasteiger partial charge in [-0.15, -0.1) is 0 Å². The molecular formula is C20H22ClN3S. The molecule has 1 saturated heterocycles. The van der Waals surface area contributed by atoms with Crippen LogP contribution in [0, 0.1) is 0 Å². The molecule has 3 aromatic rings. The molecule has 0 N–H and O–H groups in total. The highest BCUT2D eigenvalue weighted by molar-refractivity contribution is 7.22. The number of piperidine rings is 1. The maximum atomic E-state index is 6.10. The summed E-state index contributed by atoms with van der Waals surface area (Å²) >= 11 is 7.83. The van der Waals surface area contributed by atoms with E-state index in [0.29, 0.717) is 6.04 Å². The van der Waals surface area contributed by atoms with Gasteiger partial charge in [-0.3, -0.25) is 4.90 Å². The SMILES string of the molecule is CN(c1nc2ccc(Cl)cc2s1)C1CCN(Cc2ccccc2)CC1. The monoisotopic (exact) mass is 371 g/mol. The van der Waals surface area contributed by atoms with Crippen molar-refractivity contribution in [2.24, 2.45) is 0 Å². The summed E-state index contributed by atoms with van der Waals surface area (Å²) in [6.45, 7) is 3.33. The van der Waals surface area contributed by atoms with Crippen molar-refractivity contribution in [2.75, 3.05) is 25.0 Å². The van der Waals surface area contributed by atoms with Crippen molar-refractivity contribution in [1.82, 2.24) is 9.88 Å². The van der Waals surface area contributed by atoms with E-state index in [1.54, 1.807) is 11.3 Å². The van der Waals surface area contributed by atoms with Crippen molar-refractivity contribution in [3.8, 4) is 0 Å². The van der Waals surface area contributed by atoms with E-state index in [9.17, 15) is 0 Å². The molecule has 0 radical (unpaired) electrons. The fourth-order valence-electron chi connectivity index (χ4n) is 3.50. The molecule has 0 atom stereocenters. The van der Waals surface area contributed by atoms with E-state index >= 15 is 0 Å². The largest absolute Gasteiger partial charge is 0.348 e. The van der Waals surface area contributed by atoms with E-state index in [0.717, 1.165) is 40.0 Å². The lowest BCUT2D eigenvalue weighted by atomic mass is 10.0. The van der Waals surface area contributed by atoms with Crippen LogP contribution in [-0.4, -0.2) is 36.1 Å². The van der Waals surface area contributed by atoms with Crippen molar-refractivity contribution in [3.63, 3.8) is 0 Å². The first-order valence-electron chi connectivity index (χ1n) is 8.74. The average Bonchev–Trinajstić information content (AvgIpc) is 3.06. The molecule has 2 aromatic carbocycles. The zero-order valence-corrected chi connectivity index (χ0v) is 15.9. The summed E-state index contributed by atoms with van der Waals surface area (Å²) < 4.78 is 1.16. The van der Waals surface area contributed by atoms with Crippen molar-refractivity contribution in [2.45, 2.75) is 25.4 Å². The van der Waals surface area contributed by atoms with E-state index in [4.69, 9.17) is 16.6 Å². The molecule has 5 heteroatoms. The molecule has 0 unspecified atom stereocenters. The lowest BCUT2D eigenvalue weighted by Gasteiger charge is -2.36. The maximum absolute atomic E-state index is 6.10. The van der Waals surface area contributed by atoms with E-state index in [1.807, 2.05) is 18.2 Å². The first-order valence-corrected chi connectivity index (χ1v) is 9.94. The number of hydrogen-bond donors (Lipinski definition) is 0. The quantitative estimate of drug-likeness (QED) is 0.639. The summed E-state index contributed by atoms with van der Waals surface area (Å²) in [6, 6.07) is 17.2. The summed E-state index contributed by atoms with van der Waals surface area (Å²) in [4.78, 5) is 9.70. The van der Waals surface area contributed by atoms with Crippen molar-refractivity contribution >= 4 is 38.3 Å². The first kappa shape index (κ1) is 16.8. The van der Waals surface area contributed by atoms with Gasteiger partial charge in [0.2, 0.25) is 0 Å². The lowest BCUT2D eigenvalue weighted by molar-refractivity contribution is 0.203. The number of rotatable bonds is 4. The molecule has 1 aliphatic rings. The first-order chi connectivity index (χ1) is 12.2. The van der Waals surface area contributed by atoms with E-state index in [-0.39, 0.29) is 0 Å². The van der Waals surface area contributed by atoms with Gasteiger partial charge in [0.25, 0.3) is 0 Å². The van der Waals surface area contributed by atoms with Crippen molar-refractivity contribution in [1.29, 1.82) is 0 Å². The zero-order valence-electron chi connectivity index (χ0n) is 14.4. The molecule has 130 valence electrons. The molecule has 0 saturated carbocycles. The Bertz CT molecular complexity index is 841. The minimum atomic E-state index is 0.558. The molecule has 2 heterocycles. The van der Waals surface area contributed by atoms with Gasteiger partial charge in [-0.1, -0.05) is 53.3 Å². The molecule has 25 heavy (non-hydrogen) atoms. The highest BCUT2D eigenvalue weighted by Crippen LogP contribution is 2.32. The Morgan fingerprint density at radius 3 is 2.68 bits per heavy atom. The van der Waals surface area contributed by atoms with Gasteiger partial charge in [0, 0.05) is 37.7 Å². The predicted octanol–water partition coefficient (Wildman–Crippen LogP) is 5.05. The number of anilines is 1. The van der Waals surface area contributed by atoms with Crippen molar-refractivity contribution < 1.29 is 0 Å². The van der Waals surface area contributed by atoms with Gasteiger partial charge < -0.3 is 4.90 Å². The van der Waals surface area contributed by atoms with Crippen LogP contribution in [0.5, 0.6) is 0 Å². The van der Waals surface area contributed by atoms with E-state index < -0.39 is 0 Å². The van der Waals surface area contributed by atoms with Crippen LogP contribution in [0.3, 0.4) is 0 Å². The molecule has 3 nitrogen and oxygen atoms in total. The molecule has 0 spiro atoms. The molecule has 0 aliphatic carbocycles. The normalized spacial score (nSPS) is 16.4. The Morgan fingerprint density at radius 2 is 1.92 bits per heavy atom. The Kier molecular flexibility index (Phi) is 4.93. The third-order valence-electron chi connectivity index (χ3n) is 4.99. The Morgan fingerprint density at radius 1 is 1.16 bits per heavy atom. The Hall–Kier alpha value is -1.62. The molecule has 0 amide bonds. The second kappa shape index (κ2) is 7.32. The summed E-state index contributed by atoms with van der Waals surface area (Å²) in [7, 11) is 2.18. The van der Waals surface area contributed by atoms with E-state index in [2.05, 4.69) is 47.2 Å². The lowest BCUT2D eigenvalue weighted by Crippen LogP contribution is -2.43.